The van der Waals surface area contributed by atoms with Crippen LogP contribution in [0.5, 0.6) is 5.75 Å². The number of hydrogen-bond donors (Lipinski definition) is 2. The molecular formula is C17H27N3O4S2. The van der Waals surface area contributed by atoms with Gasteiger partial charge in [0, 0.05) is 26.2 Å². The lowest BCUT2D eigenvalue weighted by atomic mass is 10.2. The Labute approximate surface area is 161 Å². The van der Waals surface area contributed by atoms with Crippen LogP contribution in [-0.4, -0.2) is 57.8 Å². The number of benzene rings is 1. The van der Waals surface area contributed by atoms with Gasteiger partial charge in [0.15, 0.2) is 5.11 Å². The van der Waals surface area contributed by atoms with Crippen LogP contribution in [0.2, 0.25) is 0 Å². The van der Waals surface area contributed by atoms with Gasteiger partial charge in [-0.2, -0.15) is 4.31 Å². The highest BCUT2D eigenvalue weighted by atomic mass is 32.2. The van der Waals surface area contributed by atoms with Gasteiger partial charge in [0.05, 0.1) is 24.3 Å². The summed E-state index contributed by atoms with van der Waals surface area (Å²) in [7, 11) is -0.374. The lowest BCUT2D eigenvalue weighted by Crippen LogP contribution is -2.38. The highest BCUT2D eigenvalue weighted by molar-refractivity contribution is 7.89. The number of methoxy groups -OCH3 is 2. The maximum Gasteiger partial charge on any atom is 0.243 e. The summed E-state index contributed by atoms with van der Waals surface area (Å²) >= 11 is 5.30. The first-order valence-electron chi connectivity index (χ1n) is 8.63. The number of hydrogen-bond acceptors (Lipinski definition) is 5. The van der Waals surface area contributed by atoms with Crippen LogP contribution in [0.15, 0.2) is 23.1 Å². The smallest absolute Gasteiger partial charge is 0.243 e. The molecule has 9 heteroatoms. The Morgan fingerprint density at radius 1 is 1.27 bits per heavy atom. The van der Waals surface area contributed by atoms with E-state index < -0.39 is 10.0 Å². The summed E-state index contributed by atoms with van der Waals surface area (Å²) in [5.74, 6) is 0.520. The molecular weight excluding hydrogens is 374 g/mol. The lowest BCUT2D eigenvalue weighted by molar-refractivity contribution is 0.179. The number of piperidine rings is 1. The molecule has 2 rings (SSSR count). The van der Waals surface area contributed by atoms with Gasteiger partial charge in [0.2, 0.25) is 10.0 Å². The van der Waals surface area contributed by atoms with Gasteiger partial charge in [-0.1, -0.05) is 6.42 Å². The summed E-state index contributed by atoms with van der Waals surface area (Å²) in [5, 5.41) is 6.48. The van der Waals surface area contributed by atoms with Crippen molar-refractivity contribution in [3.63, 3.8) is 0 Å². The summed E-state index contributed by atoms with van der Waals surface area (Å²) in [6.07, 6.45) is 2.86. The number of rotatable bonds is 7. The topological polar surface area (TPSA) is 79.9 Å². The minimum Gasteiger partial charge on any atom is -0.495 e. The predicted octanol–water partition coefficient (Wildman–Crippen LogP) is 2.19. The molecule has 0 aliphatic carbocycles. The Morgan fingerprint density at radius 2 is 1.96 bits per heavy atom. The van der Waals surface area contributed by atoms with E-state index in [4.69, 9.17) is 21.7 Å². The molecule has 0 aromatic heterocycles. The number of thiocarbonyl (C=S) groups is 1. The standard InChI is InChI=1S/C17H27N3O4S2/c1-13(12-23-2)18-17(25)19-15-11-14(7-8-16(15)24-3)26(21,22)20-9-5-4-6-10-20/h7-8,11,13H,4-6,9-10,12H2,1-3H3,(H2,18,19,25). The molecule has 1 aromatic carbocycles. The van der Waals surface area contributed by atoms with E-state index in [1.165, 1.54) is 7.11 Å². The molecule has 1 aliphatic heterocycles. The third-order valence-corrected chi connectivity index (χ3v) is 6.28. The van der Waals surface area contributed by atoms with Gasteiger partial charge in [0.25, 0.3) is 0 Å². The van der Waals surface area contributed by atoms with Gasteiger partial charge in [0.1, 0.15) is 5.75 Å². The van der Waals surface area contributed by atoms with E-state index in [1.807, 2.05) is 6.92 Å². The normalized spacial score (nSPS) is 16.7. The molecule has 0 spiro atoms. The van der Waals surface area contributed by atoms with Gasteiger partial charge >= 0.3 is 0 Å². The van der Waals surface area contributed by atoms with E-state index in [2.05, 4.69) is 10.6 Å². The van der Waals surface area contributed by atoms with Crippen LogP contribution >= 0.6 is 12.2 Å². The van der Waals surface area contributed by atoms with Crippen molar-refractivity contribution in [2.24, 2.45) is 0 Å². The molecule has 1 atom stereocenters. The molecule has 1 saturated heterocycles. The number of sulfonamides is 1. The van der Waals surface area contributed by atoms with Gasteiger partial charge in [-0.25, -0.2) is 8.42 Å². The summed E-state index contributed by atoms with van der Waals surface area (Å²) < 4.78 is 37.7. The molecule has 1 heterocycles. The van der Waals surface area contributed by atoms with Gasteiger partial charge < -0.3 is 20.1 Å². The van der Waals surface area contributed by atoms with Crippen molar-refractivity contribution >= 4 is 33.0 Å². The first-order valence-corrected chi connectivity index (χ1v) is 10.5. The Kier molecular flexibility index (Phi) is 7.63. The van der Waals surface area contributed by atoms with Crippen molar-refractivity contribution in [3.05, 3.63) is 18.2 Å². The number of nitrogens with one attached hydrogen (secondary N) is 2. The molecule has 7 nitrogen and oxygen atoms in total. The Morgan fingerprint density at radius 3 is 2.58 bits per heavy atom. The zero-order chi connectivity index (χ0) is 19.2. The average Bonchev–Trinajstić information content (AvgIpc) is 2.62. The molecule has 1 aliphatic rings. The lowest BCUT2D eigenvalue weighted by Gasteiger charge is -2.26. The van der Waals surface area contributed by atoms with Crippen LogP contribution in [0.4, 0.5) is 5.69 Å². The summed E-state index contributed by atoms with van der Waals surface area (Å²) in [6.45, 7) is 3.56. The average molecular weight is 402 g/mol. The summed E-state index contributed by atoms with van der Waals surface area (Å²) in [5.41, 5.74) is 0.507. The molecule has 0 amide bonds. The maximum atomic E-state index is 12.9. The SMILES string of the molecule is COCC(C)NC(=S)Nc1cc(S(=O)(=O)N2CCCCC2)ccc1OC. The Hall–Kier alpha value is -1.42. The molecule has 146 valence electrons. The summed E-state index contributed by atoms with van der Waals surface area (Å²) in [4.78, 5) is 0.232. The van der Waals surface area contributed by atoms with Crippen molar-refractivity contribution < 1.29 is 17.9 Å². The van der Waals surface area contributed by atoms with E-state index in [1.54, 1.807) is 29.6 Å². The van der Waals surface area contributed by atoms with Gasteiger partial charge in [-0.3, -0.25) is 0 Å². The molecule has 0 saturated carbocycles. The Bertz CT molecular complexity index is 719. The second-order valence-electron chi connectivity index (χ2n) is 6.28. The highest BCUT2D eigenvalue weighted by Gasteiger charge is 2.26. The number of nitrogens with zero attached hydrogens (tertiary/aromatic N) is 1. The monoisotopic (exact) mass is 401 g/mol. The van der Waals surface area contributed by atoms with Crippen molar-refractivity contribution in [2.75, 3.05) is 39.2 Å². The molecule has 26 heavy (non-hydrogen) atoms. The van der Waals surface area contributed by atoms with Crippen LogP contribution in [0.25, 0.3) is 0 Å². The molecule has 0 radical (unpaired) electrons. The minimum atomic E-state index is -3.52. The quantitative estimate of drug-likeness (QED) is 0.678. The fraction of sp³-hybridized carbons (Fsp3) is 0.588. The van der Waals surface area contributed by atoms with Gasteiger partial charge in [-0.05, 0) is 50.2 Å². The van der Waals surface area contributed by atoms with Gasteiger partial charge in [-0.15, -0.1) is 0 Å². The fourth-order valence-corrected chi connectivity index (χ4v) is 4.73. The molecule has 0 bridgehead atoms. The van der Waals surface area contributed by atoms with Crippen LogP contribution in [0.3, 0.4) is 0 Å². The zero-order valence-corrected chi connectivity index (χ0v) is 17.1. The van der Waals surface area contributed by atoms with Crippen LogP contribution in [-0.2, 0) is 14.8 Å². The van der Waals surface area contributed by atoms with Crippen LogP contribution in [0, 0.1) is 0 Å². The van der Waals surface area contributed by atoms with Crippen molar-refractivity contribution in [2.45, 2.75) is 37.1 Å². The van der Waals surface area contributed by atoms with Crippen molar-refractivity contribution in [1.29, 1.82) is 0 Å². The molecule has 1 unspecified atom stereocenters. The largest absolute Gasteiger partial charge is 0.495 e. The first kappa shape index (κ1) is 20.9. The predicted molar refractivity (Wildman–Crippen MR) is 106 cm³/mol. The van der Waals surface area contributed by atoms with E-state index in [9.17, 15) is 8.42 Å². The second-order valence-corrected chi connectivity index (χ2v) is 8.63. The van der Waals surface area contributed by atoms with E-state index in [0.717, 1.165) is 19.3 Å². The third kappa shape index (κ3) is 5.29. The fourth-order valence-electron chi connectivity index (χ4n) is 2.87. The minimum absolute atomic E-state index is 0.0197. The number of anilines is 1. The Balaban J connectivity index is 2.20. The summed E-state index contributed by atoms with van der Waals surface area (Å²) in [6, 6.07) is 4.79. The van der Waals surface area contributed by atoms with Crippen molar-refractivity contribution in [1.82, 2.24) is 9.62 Å². The van der Waals surface area contributed by atoms with E-state index in [-0.39, 0.29) is 10.9 Å². The number of ether oxygens (including phenoxy) is 2. The first-order chi connectivity index (χ1) is 12.4. The maximum absolute atomic E-state index is 12.9. The van der Waals surface area contributed by atoms with E-state index in [0.29, 0.717) is 36.2 Å². The molecule has 2 N–H and O–H groups in total. The third-order valence-electron chi connectivity index (χ3n) is 4.17. The zero-order valence-electron chi connectivity index (χ0n) is 15.4. The molecule has 1 aromatic rings. The van der Waals surface area contributed by atoms with Crippen LogP contribution in [0.1, 0.15) is 26.2 Å². The van der Waals surface area contributed by atoms with Crippen LogP contribution < -0.4 is 15.4 Å². The van der Waals surface area contributed by atoms with Crippen molar-refractivity contribution in [3.8, 4) is 5.75 Å². The highest BCUT2D eigenvalue weighted by Crippen LogP contribution is 2.29. The second kappa shape index (κ2) is 9.50. The molecule has 1 fully saturated rings. The van der Waals surface area contributed by atoms with E-state index >= 15 is 0 Å².